The number of hydrogen-bond acceptors (Lipinski definition) is 9. The number of benzene rings is 2. The van der Waals surface area contributed by atoms with E-state index in [-0.39, 0.29) is 29.5 Å². The highest BCUT2D eigenvalue weighted by Gasteiger charge is 2.34. The van der Waals surface area contributed by atoms with Gasteiger partial charge >= 0.3 is 0 Å². The maximum absolute atomic E-state index is 13.5. The third-order valence-corrected chi connectivity index (χ3v) is 8.61. The van der Waals surface area contributed by atoms with Crippen LogP contribution in [0.4, 0.5) is 0 Å². The first-order valence-corrected chi connectivity index (χ1v) is 14.1. The molecule has 1 amide bonds. The molecule has 1 fully saturated rings. The Morgan fingerprint density at radius 3 is 2.81 bits per heavy atom. The highest BCUT2D eigenvalue weighted by atomic mass is 32.2. The van der Waals surface area contributed by atoms with Crippen molar-refractivity contribution in [2.24, 2.45) is 5.14 Å². The van der Waals surface area contributed by atoms with Crippen LogP contribution in [0.3, 0.4) is 0 Å². The maximum Gasteiger partial charge on any atom is 0.265 e. The van der Waals surface area contributed by atoms with E-state index >= 15 is 0 Å². The molecule has 4 aromatic rings. The van der Waals surface area contributed by atoms with Crippen LogP contribution in [0.15, 0.2) is 59.1 Å². The van der Waals surface area contributed by atoms with Crippen LogP contribution in [0.1, 0.15) is 30.1 Å². The van der Waals surface area contributed by atoms with E-state index in [1.807, 2.05) is 30.3 Å². The van der Waals surface area contributed by atoms with Gasteiger partial charge in [-0.25, -0.2) is 23.2 Å². The fraction of sp³-hybridized carbons (Fsp3) is 0.333. The Bertz CT molecular complexity index is 1500. The number of aromatic nitrogens is 4. The summed E-state index contributed by atoms with van der Waals surface area (Å²) in [5.74, 6) is 0.408. The molecule has 0 saturated carbocycles. The molecule has 2 atom stereocenters. The zero-order valence-corrected chi connectivity index (χ0v) is 21.4. The minimum absolute atomic E-state index is 0.0664. The third kappa shape index (κ3) is 5.64. The minimum Gasteiger partial charge on any atom is -0.487 e. The lowest BCUT2D eigenvalue weighted by molar-refractivity contribution is -0.136. The summed E-state index contributed by atoms with van der Waals surface area (Å²) >= 11 is 0.970. The van der Waals surface area contributed by atoms with Gasteiger partial charge in [0.25, 0.3) is 10.0 Å². The number of thiazole rings is 1. The van der Waals surface area contributed by atoms with E-state index in [0.29, 0.717) is 34.6 Å². The summed E-state index contributed by atoms with van der Waals surface area (Å²) in [7, 11) is -3.88. The third-order valence-electron chi connectivity index (χ3n) is 6.28. The summed E-state index contributed by atoms with van der Waals surface area (Å²) in [4.78, 5) is 19.3. The minimum atomic E-state index is -3.88. The molecule has 2 aromatic heterocycles. The number of sulfonamides is 1. The van der Waals surface area contributed by atoms with Crippen molar-refractivity contribution in [3.05, 3.63) is 66.0 Å². The zero-order valence-electron chi connectivity index (χ0n) is 19.8. The fourth-order valence-electron chi connectivity index (χ4n) is 4.42. The van der Waals surface area contributed by atoms with Crippen molar-refractivity contribution in [2.75, 3.05) is 13.2 Å². The zero-order chi connectivity index (χ0) is 26.0. The van der Waals surface area contributed by atoms with Crippen molar-refractivity contribution in [2.45, 2.75) is 42.3 Å². The number of amides is 1. The number of carbonyl (C=O) groups is 1. The Kier molecular flexibility index (Phi) is 7.20. The molecule has 0 aliphatic carbocycles. The number of carbonyl (C=O) groups excluding carboxylic acids is 1. The molecule has 37 heavy (non-hydrogen) atoms. The number of aliphatic hydroxyl groups is 1. The highest BCUT2D eigenvalue weighted by molar-refractivity contribution is 7.91. The molecule has 194 valence electrons. The molecule has 2 aromatic carbocycles. The lowest BCUT2D eigenvalue weighted by Crippen LogP contribution is -2.42. The second-order valence-electron chi connectivity index (χ2n) is 8.85. The first kappa shape index (κ1) is 25.3. The second-order valence-corrected chi connectivity index (χ2v) is 11.6. The maximum atomic E-state index is 13.5. The lowest BCUT2D eigenvalue weighted by atomic mass is 10.0. The highest BCUT2D eigenvalue weighted by Crippen LogP contribution is 2.29. The predicted molar refractivity (Wildman–Crippen MR) is 136 cm³/mol. The van der Waals surface area contributed by atoms with Crippen LogP contribution in [0.25, 0.3) is 10.2 Å². The van der Waals surface area contributed by atoms with E-state index in [2.05, 4.69) is 15.3 Å². The van der Waals surface area contributed by atoms with Gasteiger partial charge in [0.1, 0.15) is 24.1 Å². The summed E-state index contributed by atoms with van der Waals surface area (Å²) in [6.07, 6.45) is 3.76. The van der Waals surface area contributed by atoms with Crippen LogP contribution in [-0.4, -0.2) is 63.5 Å². The number of nitrogens with two attached hydrogens (primary N) is 1. The van der Waals surface area contributed by atoms with E-state index in [9.17, 15) is 18.3 Å². The van der Waals surface area contributed by atoms with Gasteiger partial charge in [-0.3, -0.25) is 4.79 Å². The van der Waals surface area contributed by atoms with Crippen LogP contribution in [0.2, 0.25) is 0 Å². The Balaban J connectivity index is 1.33. The number of aliphatic hydroxyl groups excluding tert-OH is 1. The van der Waals surface area contributed by atoms with E-state index in [1.165, 1.54) is 0 Å². The average Bonchev–Trinajstić information content (AvgIpc) is 3.65. The average molecular weight is 543 g/mol. The SMILES string of the molecule is NS(=O)(=O)c1nc2ccc(OCc3cn([C@@H](Cc4ccccc4)C(=O)N4CCC[C@@H]4CO)nn3)cc2s1. The first-order valence-electron chi connectivity index (χ1n) is 11.7. The van der Waals surface area contributed by atoms with Crippen molar-refractivity contribution in [1.82, 2.24) is 24.9 Å². The Hall–Kier alpha value is -3.39. The summed E-state index contributed by atoms with van der Waals surface area (Å²) in [6.45, 7) is 0.637. The number of ether oxygens (including phenoxy) is 1. The normalized spacial score (nSPS) is 16.8. The van der Waals surface area contributed by atoms with Crippen molar-refractivity contribution in [1.29, 1.82) is 0 Å². The summed E-state index contributed by atoms with van der Waals surface area (Å²) in [5.41, 5.74) is 2.03. The molecule has 3 heterocycles. The molecular formula is C24H26N6O5S2. The standard InChI is InChI=1S/C24H26N6O5S2/c25-37(33,34)24-26-20-9-8-19(12-22(20)36-24)35-15-17-13-30(28-27-17)21(11-16-5-2-1-3-6-16)23(32)29-10-4-7-18(29)14-31/h1-3,5-6,8-9,12-13,18,21,31H,4,7,10-11,14-15H2,(H2,25,33,34)/t18-,21+/m1/s1. The summed E-state index contributed by atoms with van der Waals surface area (Å²) < 4.78 is 31.0. The van der Waals surface area contributed by atoms with Crippen LogP contribution >= 0.6 is 11.3 Å². The molecule has 1 aliphatic rings. The number of rotatable bonds is 9. The summed E-state index contributed by atoms with van der Waals surface area (Å²) in [6, 6.07) is 13.9. The largest absolute Gasteiger partial charge is 0.487 e. The van der Waals surface area contributed by atoms with E-state index in [4.69, 9.17) is 9.88 Å². The number of fused-ring (bicyclic) bond motifs is 1. The van der Waals surface area contributed by atoms with Crippen LogP contribution in [0, 0.1) is 0 Å². The molecule has 13 heteroatoms. The Morgan fingerprint density at radius 1 is 1.24 bits per heavy atom. The lowest BCUT2D eigenvalue weighted by Gasteiger charge is -2.28. The van der Waals surface area contributed by atoms with Crippen molar-refractivity contribution in [3.8, 4) is 5.75 Å². The Morgan fingerprint density at radius 2 is 2.05 bits per heavy atom. The van der Waals surface area contributed by atoms with Gasteiger partial charge in [0.2, 0.25) is 10.2 Å². The van der Waals surface area contributed by atoms with Gasteiger partial charge in [-0.2, -0.15) is 0 Å². The van der Waals surface area contributed by atoms with Crippen molar-refractivity contribution < 1.29 is 23.1 Å². The second kappa shape index (κ2) is 10.5. The number of hydrogen-bond donors (Lipinski definition) is 2. The molecule has 3 N–H and O–H groups in total. The molecule has 1 saturated heterocycles. The number of likely N-dealkylation sites (tertiary alicyclic amines) is 1. The van der Waals surface area contributed by atoms with E-state index in [0.717, 1.165) is 29.7 Å². The Labute approximate surface area is 217 Å². The van der Waals surface area contributed by atoms with Gasteiger partial charge in [0.15, 0.2) is 0 Å². The van der Waals surface area contributed by atoms with Crippen molar-refractivity contribution >= 4 is 37.5 Å². The fourth-order valence-corrected chi connectivity index (χ4v) is 6.11. The van der Waals surface area contributed by atoms with Gasteiger partial charge in [0.05, 0.1) is 29.1 Å². The smallest absolute Gasteiger partial charge is 0.265 e. The van der Waals surface area contributed by atoms with Gasteiger partial charge < -0.3 is 14.7 Å². The molecule has 0 spiro atoms. The number of nitrogens with zero attached hydrogens (tertiary/aromatic N) is 5. The van der Waals surface area contributed by atoms with Gasteiger partial charge in [-0.05, 0) is 36.6 Å². The topological polar surface area (TPSA) is 154 Å². The van der Waals surface area contributed by atoms with E-state index in [1.54, 1.807) is 34.0 Å². The van der Waals surface area contributed by atoms with Gasteiger partial charge in [0, 0.05) is 13.0 Å². The van der Waals surface area contributed by atoms with E-state index < -0.39 is 16.1 Å². The predicted octanol–water partition coefficient (Wildman–Crippen LogP) is 1.88. The molecule has 11 nitrogen and oxygen atoms in total. The molecule has 1 aliphatic heterocycles. The van der Waals surface area contributed by atoms with Crippen molar-refractivity contribution in [3.63, 3.8) is 0 Å². The number of primary sulfonamides is 1. The van der Waals surface area contributed by atoms with Crippen LogP contribution in [-0.2, 0) is 27.8 Å². The molecule has 0 unspecified atom stereocenters. The quantitative estimate of drug-likeness (QED) is 0.325. The molecule has 0 bridgehead atoms. The molecule has 5 rings (SSSR count). The van der Waals surface area contributed by atoms with Gasteiger partial charge in [-0.15, -0.1) is 16.4 Å². The van der Waals surface area contributed by atoms with Gasteiger partial charge in [-0.1, -0.05) is 35.5 Å². The van der Waals surface area contributed by atoms with Crippen LogP contribution < -0.4 is 9.88 Å². The van der Waals surface area contributed by atoms with Crippen LogP contribution in [0.5, 0.6) is 5.75 Å². The monoisotopic (exact) mass is 542 g/mol. The summed E-state index contributed by atoms with van der Waals surface area (Å²) in [5, 5.41) is 23.3. The molecule has 0 radical (unpaired) electrons. The molecular weight excluding hydrogens is 516 g/mol. The first-order chi connectivity index (χ1) is 17.8.